The van der Waals surface area contributed by atoms with Crippen LogP contribution in [0, 0.1) is 16.0 Å². The third-order valence-corrected chi connectivity index (χ3v) is 2.72. The maximum atomic E-state index is 11.9. The summed E-state index contributed by atoms with van der Waals surface area (Å²) < 4.78 is 10.6. The molecule has 0 spiro atoms. The van der Waals surface area contributed by atoms with Gasteiger partial charge >= 0.3 is 0 Å². The van der Waals surface area contributed by atoms with Gasteiger partial charge in [-0.25, -0.2) is 0 Å². The monoisotopic (exact) mass is 296 g/mol. The van der Waals surface area contributed by atoms with E-state index in [9.17, 15) is 14.9 Å². The van der Waals surface area contributed by atoms with Crippen LogP contribution in [0.3, 0.4) is 0 Å². The molecular weight excluding hydrogens is 276 g/mol. The lowest BCUT2D eigenvalue weighted by Crippen LogP contribution is -2.38. The molecule has 1 amide bonds. The molecule has 0 saturated carbocycles. The van der Waals surface area contributed by atoms with Gasteiger partial charge in [-0.05, 0) is 18.9 Å². The number of ether oxygens (including phenoxy) is 2. The van der Waals surface area contributed by atoms with Crippen LogP contribution in [-0.4, -0.2) is 30.6 Å². The Bertz CT molecular complexity index is 516. The number of hydrogen-bond acceptors (Lipinski definition) is 5. The minimum absolute atomic E-state index is 0.124. The van der Waals surface area contributed by atoms with Crippen LogP contribution in [0.25, 0.3) is 0 Å². The van der Waals surface area contributed by atoms with Crippen molar-refractivity contribution in [3.05, 3.63) is 28.3 Å². The lowest BCUT2D eigenvalue weighted by molar-refractivity contribution is -0.385. The summed E-state index contributed by atoms with van der Waals surface area (Å²) in [6.07, 6.45) is -0.778. The quantitative estimate of drug-likeness (QED) is 0.615. The summed E-state index contributed by atoms with van der Waals surface area (Å²) in [5, 5.41) is 13.5. The normalized spacial score (nSPS) is 11.9. The fraction of sp³-hybridized carbons (Fsp3) is 0.500. The van der Waals surface area contributed by atoms with Crippen LogP contribution in [-0.2, 0) is 4.79 Å². The zero-order chi connectivity index (χ0) is 16.0. The molecule has 7 heteroatoms. The van der Waals surface area contributed by atoms with E-state index in [-0.39, 0.29) is 17.3 Å². The Morgan fingerprint density at radius 1 is 1.33 bits per heavy atom. The van der Waals surface area contributed by atoms with Crippen molar-refractivity contribution in [3.63, 3.8) is 0 Å². The number of nitro benzene ring substituents is 1. The van der Waals surface area contributed by atoms with Gasteiger partial charge in [0.05, 0.1) is 18.1 Å². The van der Waals surface area contributed by atoms with Gasteiger partial charge in [0.1, 0.15) is 0 Å². The summed E-state index contributed by atoms with van der Waals surface area (Å²) in [6.45, 7) is 6.08. The molecule has 1 N–H and O–H groups in total. The Morgan fingerprint density at radius 2 is 2.00 bits per heavy atom. The van der Waals surface area contributed by atoms with Crippen molar-refractivity contribution in [2.24, 2.45) is 5.92 Å². The third kappa shape index (κ3) is 4.94. The fourth-order valence-corrected chi connectivity index (χ4v) is 1.56. The number of non-ortho nitro benzene ring substituents is 1. The number of carbonyl (C=O) groups is 1. The van der Waals surface area contributed by atoms with Crippen molar-refractivity contribution < 1.29 is 19.2 Å². The molecule has 0 aliphatic heterocycles. The summed E-state index contributed by atoms with van der Waals surface area (Å²) in [5.74, 6) is 0.550. The Kier molecular flexibility index (Phi) is 5.95. The SMILES string of the molecule is COc1ccc([N+](=O)[O-])cc1O[C@@H](C)C(=O)NCC(C)C. The second kappa shape index (κ2) is 7.47. The van der Waals surface area contributed by atoms with E-state index in [0.29, 0.717) is 18.2 Å². The second-order valence-corrected chi connectivity index (χ2v) is 4.99. The van der Waals surface area contributed by atoms with Gasteiger partial charge in [-0.15, -0.1) is 0 Å². The van der Waals surface area contributed by atoms with Crippen LogP contribution in [0.4, 0.5) is 5.69 Å². The number of hydrogen-bond donors (Lipinski definition) is 1. The van der Waals surface area contributed by atoms with E-state index in [4.69, 9.17) is 9.47 Å². The van der Waals surface area contributed by atoms with Crippen LogP contribution in [0.2, 0.25) is 0 Å². The van der Waals surface area contributed by atoms with Crippen molar-refractivity contribution in [1.29, 1.82) is 0 Å². The van der Waals surface area contributed by atoms with Crippen molar-refractivity contribution >= 4 is 11.6 Å². The Hall–Kier alpha value is -2.31. The molecule has 0 radical (unpaired) electrons. The highest BCUT2D eigenvalue weighted by molar-refractivity contribution is 5.80. The van der Waals surface area contributed by atoms with Crippen LogP contribution < -0.4 is 14.8 Å². The summed E-state index contributed by atoms with van der Waals surface area (Å²) in [6, 6.07) is 3.99. The van der Waals surface area contributed by atoms with E-state index in [1.807, 2.05) is 13.8 Å². The first kappa shape index (κ1) is 16.7. The van der Waals surface area contributed by atoms with Crippen LogP contribution in [0.15, 0.2) is 18.2 Å². The molecular formula is C14H20N2O5. The molecule has 0 bridgehead atoms. The zero-order valence-corrected chi connectivity index (χ0v) is 12.6. The molecule has 1 aromatic rings. The molecule has 0 unspecified atom stereocenters. The number of amides is 1. The summed E-state index contributed by atoms with van der Waals surface area (Å²) >= 11 is 0. The molecule has 0 aliphatic rings. The van der Waals surface area contributed by atoms with Crippen LogP contribution >= 0.6 is 0 Å². The number of benzene rings is 1. The molecule has 0 heterocycles. The maximum absolute atomic E-state index is 11.9. The standard InChI is InChI=1S/C14H20N2O5/c1-9(2)8-15-14(17)10(3)21-13-7-11(16(18)19)5-6-12(13)20-4/h5-7,9-10H,8H2,1-4H3,(H,15,17)/t10-/m0/s1. The Morgan fingerprint density at radius 3 is 2.52 bits per heavy atom. The average molecular weight is 296 g/mol. The highest BCUT2D eigenvalue weighted by Gasteiger charge is 2.19. The van der Waals surface area contributed by atoms with Gasteiger partial charge in [0, 0.05) is 12.6 Å². The average Bonchev–Trinajstić information content (AvgIpc) is 2.44. The van der Waals surface area contributed by atoms with Gasteiger partial charge in [0.15, 0.2) is 17.6 Å². The van der Waals surface area contributed by atoms with Crippen LogP contribution in [0.1, 0.15) is 20.8 Å². The van der Waals surface area contributed by atoms with Crippen molar-refractivity contribution in [3.8, 4) is 11.5 Å². The highest BCUT2D eigenvalue weighted by atomic mass is 16.6. The lowest BCUT2D eigenvalue weighted by atomic mass is 10.2. The minimum Gasteiger partial charge on any atom is -0.493 e. The van der Waals surface area contributed by atoms with E-state index < -0.39 is 11.0 Å². The summed E-state index contributed by atoms with van der Waals surface area (Å²) in [5.41, 5.74) is -0.124. The first-order valence-corrected chi connectivity index (χ1v) is 6.62. The molecule has 0 aliphatic carbocycles. The Balaban J connectivity index is 2.82. The largest absolute Gasteiger partial charge is 0.493 e. The molecule has 1 atom stereocenters. The molecule has 7 nitrogen and oxygen atoms in total. The fourth-order valence-electron chi connectivity index (χ4n) is 1.56. The van der Waals surface area contributed by atoms with Gasteiger partial charge in [-0.1, -0.05) is 13.8 Å². The predicted molar refractivity (Wildman–Crippen MR) is 77.6 cm³/mol. The predicted octanol–water partition coefficient (Wildman–Crippen LogP) is 2.14. The number of nitrogens with zero attached hydrogens (tertiary/aromatic N) is 1. The number of rotatable bonds is 7. The first-order valence-electron chi connectivity index (χ1n) is 6.62. The van der Waals surface area contributed by atoms with E-state index >= 15 is 0 Å². The molecule has 116 valence electrons. The Labute approximate surface area is 123 Å². The first-order chi connectivity index (χ1) is 9.85. The van der Waals surface area contributed by atoms with Crippen molar-refractivity contribution in [2.75, 3.05) is 13.7 Å². The van der Waals surface area contributed by atoms with Gasteiger partial charge in [0.25, 0.3) is 11.6 Å². The number of nitro groups is 1. The van der Waals surface area contributed by atoms with E-state index in [2.05, 4.69) is 5.32 Å². The molecule has 21 heavy (non-hydrogen) atoms. The third-order valence-electron chi connectivity index (χ3n) is 2.72. The molecule has 0 saturated heterocycles. The van der Waals surface area contributed by atoms with Gasteiger partial charge in [-0.3, -0.25) is 14.9 Å². The van der Waals surface area contributed by atoms with Crippen molar-refractivity contribution in [2.45, 2.75) is 26.9 Å². The molecule has 0 aromatic heterocycles. The van der Waals surface area contributed by atoms with Gasteiger partial charge in [-0.2, -0.15) is 0 Å². The van der Waals surface area contributed by atoms with E-state index in [1.54, 1.807) is 6.92 Å². The maximum Gasteiger partial charge on any atom is 0.273 e. The van der Waals surface area contributed by atoms with Crippen molar-refractivity contribution in [1.82, 2.24) is 5.32 Å². The number of carbonyl (C=O) groups excluding carboxylic acids is 1. The van der Waals surface area contributed by atoms with Gasteiger partial charge in [0.2, 0.25) is 0 Å². The van der Waals surface area contributed by atoms with Gasteiger partial charge < -0.3 is 14.8 Å². The minimum atomic E-state index is -0.778. The van der Waals surface area contributed by atoms with E-state index in [1.165, 1.54) is 25.3 Å². The molecule has 1 aromatic carbocycles. The highest BCUT2D eigenvalue weighted by Crippen LogP contribution is 2.31. The lowest BCUT2D eigenvalue weighted by Gasteiger charge is -2.17. The number of nitrogens with one attached hydrogen (secondary N) is 1. The molecule has 1 rings (SSSR count). The number of methoxy groups -OCH3 is 1. The second-order valence-electron chi connectivity index (χ2n) is 4.99. The van der Waals surface area contributed by atoms with Crippen LogP contribution in [0.5, 0.6) is 11.5 Å². The topological polar surface area (TPSA) is 90.7 Å². The smallest absolute Gasteiger partial charge is 0.273 e. The van der Waals surface area contributed by atoms with E-state index in [0.717, 1.165) is 0 Å². The zero-order valence-electron chi connectivity index (χ0n) is 12.6. The molecule has 0 fully saturated rings. The summed E-state index contributed by atoms with van der Waals surface area (Å²) in [4.78, 5) is 22.1. The summed E-state index contributed by atoms with van der Waals surface area (Å²) in [7, 11) is 1.43.